The maximum atomic E-state index is 13.2. The smallest absolute Gasteiger partial charge is 0.141 e. The molecule has 2 rings (SSSR count). The van der Waals surface area contributed by atoms with Crippen molar-refractivity contribution in [3.63, 3.8) is 0 Å². The second-order valence-corrected chi connectivity index (χ2v) is 4.47. The van der Waals surface area contributed by atoms with Gasteiger partial charge in [-0.3, -0.25) is 4.98 Å². The third kappa shape index (κ3) is 3.14. The normalized spacial score (nSPS) is 12.4. The van der Waals surface area contributed by atoms with Crippen LogP contribution in [0.4, 0.5) is 4.39 Å². The van der Waals surface area contributed by atoms with Gasteiger partial charge < -0.3 is 5.32 Å². The molecular weight excluding hydrogens is 227 g/mol. The van der Waals surface area contributed by atoms with Crippen LogP contribution in [0.3, 0.4) is 0 Å². The first kappa shape index (κ1) is 12.7. The molecule has 18 heavy (non-hydrogen) atoms. The van der Waals surface area contributed by atoms with Gasteiger partial charge in [-0.05, 0) is 37.6 Å². The summed E-state index contributed by atoms with van der Waals surface area (Å²) in [7, 11) is 1.88. The molecule has 0 aliphatic rings. The maximum absolute atomic E-state index is 13.2. The van der Waals surface area contributed by atoms with Crippen molar-refractivity contribution in [2.75, 3.05) is 7.05 Å². The molecule has 2 nitrogen and oxygen atoms in total. The maximum Gasteiger partial charge on any atom is 0.141 e. The second-order valence-electron chi connectivity index (χ2n) is 4.47. The molecule has 0 radical (unpaired) electrons. The van der Waals surface area contributed by atoms with Gasteiger partial charge in [0.2, 0.25) is 0 Å². The molecule has 0 aliphatic heterocycles. The van der Waals surface area contributed by atoms with Crippen LogP contribution < -0.4 is 5.32 Å². The lowest BCUT2D eigenvalue weighted by atomic mass is 9.99. The minimum absolute atomic E-state index is 0.0795. The molecule has 1 aromatic heterocycles. The molecule has 0 spiro atoms. The summed E-state index contributed by atoms with van der Waals surface area (Å²) in [5.74, 6) is -0.295. The van der Waals surface area contributed by atoms with Crippen LogP contribution in [0.2, 0.25) is 0 Å². The first-order valence-electron chi connectivity index (χ1n) is 6.02. The highest BCUT2D eigenvalue weighted by Gasteiger charge is 2.11. The molecule has 1 unspecified atom stereocenters. The first-order valence-corrected chi connectivity index (χ1v) is 6.02. The summed E-state index contributed by atoms with van der Waals surface area (Å²) in [4.78, 5) is 3.89. The van der Waals surface area contributed by atoms with E-state index in [1.807, 2.05) is 7.05 Å². The van der Waals surface area contributed by atoms with E-state index < -0.39 is 0 Å². The molecule has 3 heteroatoms. The second kappa shape index (κ2) is 5.74. The van der Waals surface area contributed by atoms with E-state index in [9.17, 15) is 4.39 Å². The van der Waals surface area contributed by atoms with Crippen LogP contribution in [0.5, 0.6) is 0 Å². The van der Waals surface area contributed by atoms with Crippen LogP contribution in [0.1, 0.15) is 22.7 Å². The molecule has 0 saturated carbocycles. The average molecular weight is 244 g/mol. The van der Waals surface area contributed by atoms with Crippen molar-refractivity contribution >= 4 is 0 Å². The van der Waals surface area contributed by atoms with E-state index in [2.05, 4.69) is 41.5 Å². The van der Waals surface area contributed by atoms with Gasteiger partial charge in [-0.2, -0.15) is 0 Å². The Morgan fingerprint density at radius 3 is 2.56 bits per heavy atom. The minimum atomic E-state index is -0.295. The molecule has 0 aliphatic carbocycles. The number of hydrogen-bond donors (Lipinski definition) is 1. The van der Waals surface area contributed by atoms with Gasteiger partial charge in [0, 0.05) is 12.2 Å². The fourth-order valence-electron chi connectivity index (χ4n) is 1.97. The molecule has 1 aromatic carbocycles. The number of nitrogens with one attached hydrogen (secondary N) is 1. The summed E-state index contributed by atoms with van der Waals surface area (Å²) in [6, 6.07) is 10.00. The number of rotatable bonds is 4. The third-order valence-corrected chi connectivity index (χ3v) is 3.04. The van der Waals surface area contributed by atoms with Gasteiger partial charge in [0.25, 0.3) is 0 Å². The Morgan fingerprint density at radius 2 is 1.94 bits per heavy atom. The molecule has 1 atom stereocenters. The van der Waals surface area contributed by atoms with Gasteiger partial charge in [-0.15, -0.1) is 0 Å². The number of aryl methyl sites for hydroxylation is 1. The molecule has 0 saturated heterocycles. The number of likely N-dealkylation sites (N-methyl/N-ethyl adjacent to an activating group) is 1. The van der Waals surface area contributed by atoms with Gasteiger partial charge in [-0.25, -0.2) is 4.39 Å². The van der Waals surface area contributed by atoms with E-state index in [1.165, 1.54) is 23.4 Å². The number of aromatic nitrogens is 1. The molecule has 1 heterocycles. The molecule has 2 aromatic rings. The lowest BCUT2D eigenvalue weighted by Crippen LogP contribution is -2.19. The summed E-state index contributed by atoms with van der Waals surface area (Å²) in [6.07, 6.45) is 3.75. The van der Waals surface area contributed by atoms with Crippen molar-refractivity contribution in [1.82, 2.24) is 10.3 Å². The highest BCUT2D eigenvalue weighted by Crippen LogP contribution is 2.18. The van der Waals surface area contributed by atoms with E-state index in [0.717, 1.165) is 12.0 Å². The fourth-order valence-corrected chi connectivity index (χ4v) is 1.97. The van der Waals surface area contributed by atoms with Gasteiger partial charge in [-0.1, -0.05) is 29.8 Å². The fraction of sp³-hybridized carbons (Fsp3) is 0.267. The number of hydrogen-bond acceptors (Lipinski definition) is 2. The van der Waals surface area contributed by atoms with Crippen LogP contribution in [-0.2, 0) is 6.42 Å². The van der Waals surface area contributed by atoms with Crippen LogP contribution in [0.15, 0.2) is 42.7 Å². The molecular formula is C15H17FN2. The molecule has 94 valence electrons. The van der Waals surface area contributed by atoms with E-state index in [4.69, 9.17) is 0 Å². The highest BCUT2D eigenvalue weighted by atomic mass is 19.1. The predicted molar refractivity (Wildman–Crippen MR) is 70.9 cm³/mol. The Hall–Kier alpha value is -1.74. The number of nitrogens with zero attached hydrogens (tertiary/aromatic N) is 1. The topological polar surface area (TPSA) is 24.9 Å². The van der Waals surface area contributed by atoms with Crippen molar-refractivity contribution in [2.45, 2.75) is 19.4 Å². The Labute approximate surface area is 107 Å². The zero-order chi connectivity index (χ0) is 13.0. The summed E-state index contributed by atoms with van der Waals surface area (Å²) >= 11 is 0. The SMILES string of the molecule is CNC(Cc1ccc(C)cc1)c1cncc(F)c1. The molecule has 0 amide bonds. The summed E-state index contributed by atoms with van der Waals surface area (Å²) < 4.78 is 13.2. The number of halogens is 1. The van der Waals surface area contributed by atoms with E-state index in [0.29, 0.717) is 0 Å². The van der Waals surface area contributed by atoms with E-state index in [1.54, 1.807) is 6.20 Å². The van der Waals surface area contributed by atoms with Crippen LogP contribution in [0.25, 0.3) is 0 Å². The Kier molecular flexibility index (Phi) is 4.05. The lowest BCUT2D eigenvalue weighted by molar-refractivity contribution is 0.572. The first-order chi connectivity index (χ1) is 8.69. The Balaban J connectivity index is 2.17. The zero-order valence-corrected chi connectivity index (χ0v) is 10.7. The summed E-state index contributed by atoms with van der Waals surface area (Å²) in [5, 5.41) is 3.20. The average Bonchev–Trinajstić information content (AvgIpc) is 2.38. The van der Waals surface area contributed by atoms with Gasteiger partial charge in [0.15, 0.2) is 0 Å². The van der Waals surface area contributed by atoms with E-state index >= 15 is 0 Å². The van der Waals surface area contributed by atoms with E-state index in [-0.39, 0.29) is 11.9 Å². The monoisotopic (exact) mass is 244 g/mol. The van der Waals surface area contributed by atoms with Crippen molar-refractivity contribution in [3.05, 3.63) is 65.2 Å². The highest BCUT2D eigenvalue weighted by molar-refractivity contribution is 5.25. The molecule has 0 bridgehead atoms. The van der Waals surface area contributed by atoms with Crippen LogP contribution in [0, 0.1) is 12.7 Å². The molecule has 1 N–H and O–H groups in total. The Bertz CT molecular complexity index is 508. The van der Waals surface area contributed by atoms with Gasteiger partial charge in [0.05, 0.1) is 6.20 Å². The van der Waals surface area contributed by atoms with Crippen LogP contribution in [-0.4, -0.2) is 12.0 Å². The quantitative estimate of drug-likeness (QED) is 0.894. The van der Waals surface area contributed by atoms with Gasteiger partial charge in [0.1, 0.15) is 5.82 Å². The molecule has 0 fully saturated rings. The summed E-state index contributed by atoms with van der Waals surface area (Å²) in [6.45, 7) is 2.07. The summed E-state index contributed by atoms with van der Waals surface area (Å²) in [5.41, 5.74) is 3.34. The standard InChI is InChI=1S/C15H17FN2/c1-11-3-5-12(6-4-11)7-15(17-2)13-8-14(16)10-18-9-13/h3-6,8-10,15,17H,7H2,1-2H3. The third-order valence-electron chi connectivity index (χ3n) is 3.04. The predicted octanol–water partition coefficient (Wildman–Crippen LogP) is 3.03. The number of benzene rings is 1. The van der Waals surface area contributed by atoms with Crippen molar-refractivity contribution < 1.29 is 4.39 Å². The van der Waals surface area contributed by atoms with Crippen molar-refractivity contribution in [3.8, 4) is 0 Å². The number of pyridine rings is 1. The lowest BCUT2D eigenvalue weighted by Gasteiger charge is -2.16. The van der Waals surface area contributed by atoms with Crippen LogP contribution >= 0.6 is 0 Å². The minimum Gasteiger partial charge on any atom is -0.313 e. The Morgan fingerprint density at radius 1 is 1.22 bits per heavy atom. The van der Waals surface area contributed by atoms with Gasteiger partial charge >= 0.3 is 0 Å². The zero-order valence-electron chi connectivity index (χ0n) is 10.7. The largest absolute Gasteiger partial charge is 0.313 e. The van der Waals surface area contributed by atoms with Crippen molar-refractivity contribution in [1.29, 1.82) is 0 Å². The van der Waals surface area contributed by atoms with Crippen molar-refractivity contribution in [2.24, 2.45) is 0 Å².